The molecule has 1 aliphatic rings. The number of Topliss-reactive ketones (excluding diaryl/α,β-unsaturated/α-hetero) is 1. The van der Waals surface area contributed by atoms with E-state index in [1.807, 2.05) is 25.1 Å². The molecule has 0 saturated carbocycles. The molecule has 0 aliphatic carbocycles. The fourth-order valence-corrected chi connectivity index (χ4v) is 3.92. The molecule has 0 amide bonds. The van der Waals surface area contributed by atoms with Gasteiger partial charge in [0.05, 0.1) is 11.5 Å². The van der Waals surface area contributed by atoms with Gasteiger partial charge in [0.25, 0.3) is 0 Å². The second-order valence-electron chi connectivity index (χ2n) is 4.52. The fourth-order valence-electron chi connectivity index (χ4n) is 2.18. The van der Waals surface area contributed by atoms with Gasteiger partial charge in [0.1, 0.15) is 0 Å². The van der Waals surface area contributed by atoms with Crippen LogP contribution in [-0.4, -0.2) is 25.7 Å². The number of aryl methyl sites for hydroxylation is 1. The van der Waals surface area contributed by atoms with Crippen LogP contribution in [0.5, 0.6) is 0 Å². The monoisotopic (exact) mass is 252 g/mol. The molecule has 1 aliphatic heterocycles. The highest BCUT2D eigenvalue weighted by Crippen LogP contribution is 2.23. The number of hydrogen-bond acceptors (Lipinski definition) is 3. The lowest BCUT2D eigenvalue weighted by molar-refractivity contribution is 0.0933. The maximum absolute atomic E-state index is 12.1. The predicted octanol–water partition coefficient (Wildman–Crippen LogP) is 1.87. The summed E-state index contributed by atoms with van der Waals surface area (Å²) in [5.74, 6) is -0.201. The molecule has 2 rings (SSSR count). The molecule has 0 aromatic heterocycles. The maximum atomic E-state index is 12.1. The number of carbonyl (C=O) groups is 1. The Morgan fingerprint density at radius 1 is 1.41 bits per heavy atom. The quantitative estimate of drug-likeness (QED) is 0.772. The van der Waals surface area contributed by atoms with Crippen LogP contribution in [0, 0.1) is 5.92 Å². The van der Waals surface area contributed by atoms with Crippen LogP contribution in [0.3, 0.4) is 0 Å². The Labute approximate surface area is 102 Å². The second-order valence-corrected chi connectivity index (χ2v) is 6.75. The molecule has 1 heterocycles. The zero-order valence-corrected chi connectivity index (χ0v) is 10.7. The zero-order valence-electron chi connectivity index (χ0n) is 9.85. The van der Waals surface area contributed by atoms with Crippen LogP contribution < -0.4 is 0 Å². The molecular weight excluding hydrogens is 236 g/mol. The number of rotatable bonds is 3. The normalized spacial score (nSPS) is 22.5. The van der Waals surface area contributed by atoms with Crippen molar-refractivity contribution in [2.24, 2.45) is 5.92 Å². The minimum Gasteiger partial charge on any atom is -0.294 e. The van der Waals surface area contributed by atoms with Crippen molar-refractivity contribution in [1.29, 1.82) is 0 Å². The standard InChI is InChI=1S/C13H16O3S/c1-2-10-4-3-5-11(8-10)13(14)12-6-7-17(15,16)9-12/h3-5,8,12H,2,6-7,9H2,1H3. The van der Waals surface area contributed by atoms with Crippen LogP contribution in [0.2, 0.25) is 0 Å². The van der Waals surface area contributed by atoms with Gasteiger partial charge in [-0.2, -0.15) is 0 Å². The molecule has 1 aromatic rings. The third-order valence-corrected chi connectivity index (χ3v) is 4.99. The van der Waals surface area contributed by atoms with Crippen molar-refractivity contribution in [3.8, 4) is 0 Å². The predicted molar refractivity (Wildman–Crippen MR) is 66.9 cm³/mol. The number of ketones is 1. The van der Waals surface area contributed by atoms with E-state index in [1.54, 1.807) is 6.07 Å². The first kappa shape index (κ1) is 12.3. The molecule has 1 saturated heterocycles. The highest BCUT2D eigenvalue weighted by atomic mass is 32.2. The molecular formula is C13H16O3S. The average molecular weight is 252 g/mol. The molecule has 0 radical (unpaired) electrons. The average Bonchev–Trinajstić information content (AvgIpc) is 2.69. The van der Waals surface area contributed by atoms with Crippen molar-refractivity contribution in [2.45, 2.75) is 19.8 Å². The van der Waals surface area contributed by atoms with E-state index in [0.717, 1.165) is 12.0 Å². The molecule has 1 fully saturated rings. The third kappa shape index (κ3) is 2.75. The Balaban J connectivity index is 2.20. The Hall–Kier alpha value is -1.16. The summed E-state index contributed by atoms with van der Waals surface area (Å²) < 4.78 is 22.7. The van der Waals surface area contributed by atoms with E-state index in [1.165, 1.54) is 0 Å². The maximum Gasteiger partial charge on any atom is 0.166 e. The number of carbonyl (C=O) groups excluding carboxylic acids is 1. The second kappa shape index (κ2) is 4.61. The molecule has 1 aromatic carbocycles. The van der Waals surface area contributed by atoms with Gasteiger partial charge in [0.2, 0.25) is 0 Å². The summed E-state index contributed by atoms with van der Waals surface area (Å²) in [4.78, 5) is 12.1. The topological polar surface area (TPSA) is 51.2 Å². The minimum atomic E-state index is -2.99. The number of sulfone groups is 1. The van der Waals surface area contributed by atoms with Gasteiger partial charge in [-0.05, 0) is 24.5 Å². The van der Waals surface area contributed by atoms with Gasteiger partial charge in [-0.25, -0.2) is 8.42 Å². The first-order chi connectivity index (χ1) is 8.02. The van der Waals surface area contributed by atoms with Crippen LogP contribution in [0.15, 0.2) is 24.3 Å². The van der Waals surface area contributed by atoms with Crippen molar-refractivity contribution in [3.05, 3.63) is 35.4 Å². The van der Waals surface area contributed by atoms with Crippen molar-refractivity contribution in [1.82, 2.24) is 0 Å². The molecule has 0 spiro atoms. The molecule has 0 N–H and O–H groups in total. The molecule has 0 bridgehead atoms. The minimum absolute atomic E-state index is 0.0161. The Morgan fingerprint density at radius 3 is 2.76 bits per heavy atom. The van der Waals surface area contributed by atoms with E-state index in [-0.39, 0.29) is 23.2 Å². The van der Waals surface area contributed by atoms with Crippen molar-refractivity contribution in [3.63, 3.8) is 0 Å². The largest absolute Gasteiger partial charge is 0.294 e. The molecule has 1 atom stereocenters. The first-order valence-corrected chi connectivity index (χ1v) is 7.67. The summed E-state index contributed by atoms with van der Waals surface area (Å²) >= 11 is 0. The van der Waals surface area contributed by atoms with E-state index in [4.69, 9.17) is 0 Å². The van der Waals surface area contributed by atoms with Crippen molar-refractivity contribution >= 4 is 15.6 Å². The lowest BCUT2D eigenvalue weighted by Crippen LogP contribution is -2.16. The van der Waals surface area contributed by atoms with Crippen LogP contribution in [0.1, 0.15) is 29.3 Å². The third-order valence-electron chi connectivity index (χ3n) is 3.22. The SMILES string of the molecule is CCc1cccc(C(=O)C2CCS(=O)(=O)C2)c1. The summed E-state index contributed by atoms with van der Waals surface area (Å²) in [6.07, 6.45) is 1.35. The number of hydrogen-bond donors (Lipinski definition) is 0. The van der Waals surface area contributed by atoms with Crippen LogP contribution >= 0.6 is 0 Å². The van der Waals surface area contributed by atoms with E-state index >= 15 is 0 Å². The Bertz CT molecular complexity index is 531. The lowest BCUT2D eigenvalue weighted by Gasteiger charge is -2.07. The van der Waals surface area contributed by atoms with Gasteiger partial charge in [-0.15, -0.1) is 0 Å². The number of benzene rings is 1. The van der Waals surface area contributed by atoms with E-state index in [9.17, 15) is 13.2 Å². The van der Waals surface area contributed by atoms with Gasteiger partial charge in [0, 0.05) is 11.5 Å². The fraction of sp³-hybridized carbons (Fsp3) is 0.462. The molecule has 4 heteroatoms. The Kier molecular flexibility index (Phi) is 3.33. The van der Waals surface area contributed by atoms with Gasteiger partial charge in [-0.3, -0.25) is 4.79 Å². The van der Waals surface area contributed by atoms with Crippen molar-refractivity contribution in [2.75, 3.05) is 11.5 Å². The smallest absolute Gasteiger partial charge is 0.166 e. The van der Waals surface area contributed by atoms with Gasteiger partial charge in [-0.1, -0.05) is 25.1 Å². The van der Waals surface area contributed by atoms with E-state index in [0.29, 0.717) is 12.0 Å². The Morgan fingerprint density at radius 2 is 2.18 bits per heavy atom. The highest BCUT2D eigenvalue weighted by Gasteiger charge is 2.33. The molecule has 92 valence electrons. The van der Waals surface area contributed by atoms with Crippen LogP contribution in [-0.2, 0) is 16.3 Å². The van der Waals surface area contributed by atoms with Gasteiger partial charge < -0.3 is 0 Å². The van der Waals surface area contributed by atoms with Gasteiger partial charge >= 0.3 is 0 Å². The highest BCUT2D eigenvalue weighted by molar-refractivity contribution is 7.91. The van der Waals surface area contributed by atoms with E-state index in [2.05, 4.69) is 0 Å². The van der Waals surface area contributed by atoms with Crippen LogP contribution in [0.25, 0.3) is 0 Å². The summed E-state index contributed by atoms with van der Waals surface area (Å²) in [6.45, 7) is 2.03. The zero-order chi connectivity index (χ0) is 12.5. The lowest BCUT2D eigenvalue weighted by atomic mass is 9.95. The summed E-state index contributed by atoms with van der Waals surface area (Å²) in [5.41, 5.74) is 1.75. The molecule has 3 nitrogen and oxygen atoms in total. The van der Waals surface area contributed by atoms with Gasteiger partial charge in [0.15, 0.2) is 15.6 Å². The summed E-state index contributed by atoms with van der Waals surface area (Å²) in [5, 5.41) is 0. The molecule has 1 unspecified atom stereocenters. The summed E-state index contributed by atoms with van der Waals surface area (Å²) in [6, 6.07) is 7.47. The van der Waals surface area contributed by atoms with Crippen molar-refractivity contribution < 1.29 is 13.2 Å². The summed E-state index contributed by atoms with van der Waals surface area (Å²) in [7, 11) is -2.99. The van der Waals surface area contributed by atoms with Crippen LogP contribution in [0.4, 0.5) is 0 Å². The van der Waals surface area contributed by atoms with E-state index < -0.39 is 9.84 Å². The first-order valence-electron chi connectivity index (χ1n) is 5.85. The molecule has 17 heavy (non-hydrogen) atoms.